The fourth-order valence-corrected chi connectivity index (χ4v) is 2.10. The third-order valence-electron chi connectivity index (χ3n) is 2.03. The number of alkyl halides is 5. The van der Waals surface area contributed by atoms with E-state index in [9.17, 15) is 40.5 Å². The van der Waals surface area contributed by atoms with Gasteiger partial charge in [-0.25, -0.2) is 8.42 Å². The monoisotopic (exact) mass is 355 g/mol. The van der Waals surface area contributed by atoms with Gasteiger partial charge in [-0.2, -0.15) is 22.0 Å². The number of ether oxygens (including phenoxy) is 1. The lowest BCUT2D eigenvalue weighted by atomic mass is 10.1. The van der Waals surface area contributed by atoms with E-state index >= 15 is 0 Å². The highest BCUT2D eigenvalue weighted by Gasteiger charge is 2.43. The van der Waals surface area contributed by atoms with Gasteiger partial charge in [0.05, 0.1) is 9.82 Å². The highest BCUT2D eigenvalue weighted by Crippen LogP contribution is 2.44. The maximum atomic E-state index is 12.7. The first-order chi connectivity index (χ1) is 9.34. The van der Waals surface area contributed by atoms with Crippen LogP contribution in [0.25, 0.3) is 0 Å². The average molecular weight is 356 g/mol. The largest absolute Gasteiger partial charge is 0.434 e. The summed E-state index contributed by atoms with van der Waals surface area (Å²) in [4.78, 5) is 7.84. The standard InChI is InChI=1S/C8H3ClF5NO5S/c9-21(18,19)3-1-4(15(16)17)6(8(12,13)14)5(2-3)20-7(10)11/h1-2,7H. The molecule has 0 heterocycles. The first-order valence-corrected chi connectivity index (χ1v) is 6.94. The van der Waals surface area contributed by atoms with Gasteiger partial charge >= 0.3 is 12.8 Å². The molecule has 118 valence electrons. The second kappa shape index (κ2) is 5.60. The van der Waals surface area contributed by atoms with Gasteiger partial charge in [0.25, 0.3) is 14.7 Å². The highest BCUT2D eigenvalue weighted by molar-refractivity contribution is 8.13. The molecule has 0 bridgehead atoms. The molecule has 0 aliphatic heterocycles. The van der Waals surface area contributed by atoms with E-state index in [0.717, 1.165) is 0 Å². The lowest BCUT2D eigenvalue weighted by molar-refractivity contribution is -0.388. The number of rotatable bonds is 4. The summed E-state index contributed by atoms with van der Waals surface area (Å²) >= 11 is 0. The quantitative estimate of drug-likeness (QED) is 0.358. The van der Waals surface area contributed by atoms with E-state index in [0.29, 0.717) is 0 Å². The van der Waals surface area contributed by atoms with Crippen LogP contribution in [0.2, 0.25) is 0 Å². The second-order valence-corrected chi connectivity index (χ2v) is 5.95. The molecule has 1 rings (SSSR count). The first kappa shape index (κ1) is 17.4. The molecule has 0 aromatic heterocycles. The molecule has 6 nitrogen and oxygen atoms in total. The number of nitrogens with zero attached hydrogens (tertiary/aromatic N) is 1. The normalized spacial score (nSPS) is 12.5. The highest BCUT2D eigenvalue weighted by atomic mass is 35.7. The summed E-state index contributed by atoms with van der Waals surface area (Å²) in [6.45, 7) is -3.76. The van der Waals surface area contributed by atoms with Gasteiger partial charge in [0.2, 0.25) is 0 Å². The number of halogens is 6. The van der Waals surface area contributed by atoms with Crippen molar-refractivity contribution in [3.8, 4) is 5.75 Å². The fraction of sp³-hybridized carbons (Fsp3) is 0.250. The third kappa shape index (κ3) is 4.14. The van der Waals surface area contributed by atoms with Crippen molar-refractivity contribution in [2.24, 2.45) is 0 Å². The predicted octanol–water partition coefficient (Wildman–Crippen LogP) is 3.14. The summed E-state index contributed by atoms with van der Waals surface area (Å²) < 4.78 is 88.0. The van der Waals surface area contributed by atoms with E-state index in [1.54, 1.807) is 0 Å². The minimum atomic E-state index is -5.43. The number of nitro benzene ring substituents is 1. The van der Waals surface area contributed by atoms with Crippen LogP contribution in [0.15, 0.2) is 17.0 Å². The average Bonchev–Trinajstić information content (AvgIpc) is 2.23. The minimum absolute atomic E-state index is 0.00346. The van der Waals surface area contributed by atoms with Crippen molar-refractivity contribution >= 4 is 25.4 Å². The zero-order valence-electron chi connectivity index (χ0n) is 9.40. The van der Waals surface area contributed by atoms with Gasteiger partial charge in [-0.15, -0.1) is 0 Å². The molecule has 0 N–H and O–H groups in total. The molecular weight excluding hydrogens is 353 g/mol. The van der Waals surface area contributed by atoms with Gasteiger partial charge in [0, 0.05) is 22.8 Å². The Morgan fingerprint density at radius 2 is 1.81 bits per heavy atom. The number of hydrogen-bond acceptors (Lipinski definition) is 5. The van der Waals surface area contributed by atoms with Crippen molar-refractivity contribution in [3.63, 3.8) is 0 Å². The summed E-state index contributed by atoms with van der Waals surface area (Å²) in [6, 6.07) is 0.0355. The zero-order chi connectivity index (χ0) is 16.6. The Morgan fingerprint density at radius 3 is 2.14 bits per heavy atom. The van der Waals surface area contributed by atoms with Crippen LogP contribution in [0.1, 0.15) is 5.56 Å². The Bertz CT molecular complexity index is 674. The van der Waals surface area contributed by atoms with Gasteiger partial charge in [0.1, 0.15) is 5.75 Å². The molecule has 0 fully saturated rings. The van der Waals surface area contributed by atoms with E-state index in [2.05, 4.69) is 4.74 Å². The topological polar surface area (TPSA) is 86.5 Å². The molecule has 1 aromatic rings. The molecule has 0 amide bonds. The zero-order valence-corrected chi connectivity index (χ0v) is 11.0. The molecule has 0 aliphatic rings. The molecule has 0 radical (unpaired) electrons. The summed E-state index contributed by atoms with van der Waals surface area (Å²) in [6.07, 6.45) is -5.43. The first-order valence-electron chi connectivity index (χ1n) is 4.63. The maximum Gasteiger partial charge on any atom is 0.426 e. The summed E-state index contributed by atoms with van der Waals surface area (Å²) in [5.41, 5.74) is -3.92. The van der Waals surface area contributed by atoms with Crippen LogP contribution in [0.5, 0.6) is 5.75 Å². The SMILES string of the molecule is O=[N+]([O-])c1cc(S(=O)(=O)Cl)cc(OC(F)F)c1C(F)(F)F. The van der Waals surface area contributed by atoms with E-state index in [1.165, 1.54) is 0 Å². The lowest BCUT2D eigenvalue weighted by Gasteiger charge is -2.14. The van der Waals surface area contributed by atoms with Crippen LogP contribution in [0.3, 0.4) is 0 Å². The minimum Gasteiger partial charge on any atom is -0.434 e. The van der Waals surface area contributed by atoms with Crippen LogP contribution >= 0.6 is 10.7 Å². The number of benzene rings is 1. The molecule has 21 heavy (non-hydrogen) atoms. The Kier molecular flexibility index (Phi) is 4.63. The lowest BCUT2D eigenvalue weighted by Crippen LogP contribution is -2.15. The summed E-state index contributed by atoms with van der Waals surface area (Å²) in [5, 5.41) is 10.6. The van der Waals surface area contributed by atoms with E-state index in [-0.39, 0.29) is 12.1 Å². The Balaban J connectivity index is 3.79. The van der Waals surface area contributed by atoms with Crippen LogP contribution in [0.4, 0.5) is 27.6 Å². The Hall–Kier alpha value is -1.69. The maximum absolute atomic E-state index is 12.7. The van der Waals surface area contributed by atoms with Crippen molar-refractivity contribution < 1.29 is 40.0 Å². The molecular formula is C8H3ClF5NO5S. The number of nitro groups is 1. The van der Waals surface area contributed by atoms with Gasteiger partial charge < -0.3 is 4.74 Å². The van der Waals surface area contributed by atoms with Crippen molar-refractivity contribution in [2.75, 3.05) is 0 Å². The van der Waals surface area contributed by atoms with E-state index in [4.69, 9.17) is 10.7 Å². The molecule has 13 heteroatoms. The van der Waals surface area contributed by atoms with E-state index < -0.39 is 48.7 Å². The molecule has 0 atom stereocenters. The van der Waals surface area contributed by atoms with Crippen molar-refractivity contribution in [2.45, 2.75) is 17.7 Å². The summed E-state index contributed by atoms with van der Waals surface area (Å²) in [7, 11) is 0.132. The summed E-state index contributed by atoms with van der Waals surface area (Å²) in [5.74, 6) is -1.72. The molecule has 1 aromatic carbocycles. The van der Waals surface area contributed by atoms with E-state index in [1.807, 2.05) is 0 Å². The second-order valence-electron chi connectivity index (χ2n) is 3.39. The molecule has 0 spiro atoms. The molecule has 0 saturated heterocycles. The van der Waals surface area contributed by atoms with Crippen LogP contribution < -0.4 is 4.74 Å². The Labute approximate surface area is 117 Å². The van der Waals surface area contributed by atoms with Crippen LogP contribution in [-0.4, -0.2) is 20.0 Å². The molecule has 0 aliphatic carbocycles. The molecule has 0 unspecified atom stereocenters. The predicted molar refractivity (Wildman–Crippen MR) is 57.8 cm³/mol. The van der Waals surface area contributed by atoms with Gasteiger partial charge in [-0.05, 0) is 0 Å². The molecule has 0 saturated carbocycles. The van der Waals surface area contributed by atoms with Crippen LogP contribution in [-0.2, 0) is 15.2 Å². The van der Waals surface area contributed by atoms with Gasteiger partial charge in [-0.3, -0.25) is 10.1 Å². The van der Waals surface area contributed by atoms with Crippen molar-refractivity contribution in [1.29, 1.82) is 0 Å². The fourth-order valence-electron chi connectivity index (χ4n) is 1.33. The Morgan fingerprint density at radius 1 is 1.29 bits per heavy atom. The van der Waals surface area contributed by atoms with Crippen LogP contribution in [0, 0.1) is 10.1 Å². The van der Waals surface area contributed by atoms with Crippen molar-refractivity contribution in [1.82, 2.24) is 0 Å². The van der Waals surface area contributed by atoms with Gasteiger partial charge in [-0.1, -0.05) is 0 Å². The number of hydrogen-bond donors (Lipinski definition) is 0. The third-order valence-corrected chi connectivity index (χ3v) is 3.37. The smallest absolute Gasteiger partial charge is 0.426 e. The van der Waals surface area contributed by atoms with Crippen molar-refractivity contribution in [3.05, 3.63) is 27.8 Å². The van der Waals surface area contributed by atoms with Gasteiger partial charge in [0.15, 0.2) is 5.56 Å².